The normalized spacial score (nSPS) is 12.9. The van der Waals surface area contributed by atoms with Crippen LogP contribution >= 0.6 is 0 Å². The number of Topliss-reactive ketones (excluding diaryl/α,β-unsaturated/α-hetero) is 1. The number of ketones is 1. The number of rotatable bonds is 7. The highest BCUT2D eigenvalue weighted by molar-refractivity contribution is 6.00. The van der Waals surface area contributed by atoms with E-state index in [1.165, 1.54) is 0 Å². The first-order valence-corrected chi connectivity index (χ1v) is 7.27. The maximum atomic E-state index is 11.3. The Labute approximate surface area is 127 Å². The number of hydrogen-bond acceptors (Lipinski definition) is 4. The van der Waals surface area contributed by atoms with Crippen LogP contribution in [0, 0.1) is 0 Å². The average molecular weight is 288 g/mol. The zero-order valence-electron chi connectivity index (χ0n) is 13.6. The Balaban J connectivity index is 2.92. The fourth-order valence-electron chi connectivity index (χ4n) is 1.68. The van der Waals surface area contributed by atoms with Crippen LogP contribution in [0.2, 0.25) is 0 Å². The summed E-state index contributed by atoms with van der Waals surface area (Å²) in [5, 5.41) is 0. The molecule has 0 aliphatic carbocycles. The van der Waals surface area contributed by atoms with Crippen LogP contribution in [-0.4, -0.2) is 23.1 Å². The van der Waals surface area contributed by atoms with Gasteiger partial charge in [0.05, 0.1) is 12.8 Å². The molecule has 0 amide bonds. The molecule has 0 aliphatic rings. The van der Waals surface area contributed by atoms with Crippen molar-refractivity contribution in [3.8, 4) is 5.75 Å². The Kier molecular flexibility index (Phi) is 6.79. The van der Waals surface area contributed by atoms with Crippen molar-refractivity contribution in [3.05, 3.63) is 35.3 Å². The number of pyridine rings is 1. The van der Waals surface area contributed by atoms with Gasteiger partial charge in [-0.05, 0) is 40.2 Å². The van der Waals surface area contributed by atoms with Crippen molar-refractivity contribution in [3.63, 3.8) is 0 Å². The Morgan fingerprint density at radius 3 is 2.57 bits per heavy atom. The standard InChI is InChI=1S/C17H24N2O2/c1-6-7-8-21-17-9-16(10-18-11-17)14(4)19-13(3)12(2)15(5)20/h9-11H,6-8H2,1-5H3/b13-12+,19-14+. The lowest BCUT2D eigenvalue weighted by atomic mass is 10.1. The molecular weight excluding hydrogens is 264 g/mol. The maximum absolute atomic E-state index is 11.3. The molecule has 21 heavy (non-hydrogen) atoms. The van der Waals surface area contributed by atoms with Crippen molar-refractivity contribution in [2.45, 2.75) is 47.5 Å². The summed E-state index contributed by atoms with van der Waals surface area (Å²) in [4.78, 5) is 20.0. The predicted molar refractivity (Wildman–Crippen MR) is 85.9 cm³/mol. The minimum Gasteiger partial charge on any atom is -0.492 e. The molecule has 4 heteroatoms. The lowest BCUT2D eigenvalue weighted by Gasteiger charge is -2.07. The first-order valence-electron chi connectivity index (χ1n) is 7.27. The summed E-state index contributed by atoms with van der Waals surface area (Å²) < 4.78 is 5.64. The highest BCUT2D eigenvalue weighted by atomic mass is 16.5. The Bertz CT molecular complexity index is 560. The third kappa shape index (κ3) is 5.50. The second-order valence-electron chi connectivity index (χ2n) is 5.08. The molecule has 0 spiro atoms. The molecule has 1 rings (SSSR count). The SMILES string of the molecule is CCCCOc1cncc(/C(C)=N/C(C)=C(\C)C(C)=O)c1. The highest BCUT2D eigenvalue weighted by Crippen LogP contribution is 2.14. The highest BCUT2D eigenvalue weighted by Gasteiger charge is 2.05. The van der Waals surface area contributed by atoms with Crippen LogP contribution < -0.4 is 4.74 Å². The predicted octanol–water partition coefficient (Wildman–Crippen LogP) is 3.95. The number of ether oxygens (including phenoxy) is 1. The van der Waals surface area contributed by atoms with E-state index in [1.807, 2.05) is 19.9 Å². The number of aliphatic imine (C=N–C) groups is 1. The third-order valence-corrected chi connectivity index (χ3v) is 3.30. The Morgan fingerprint density at radius 2 is 1.95 bits per heavy atom. The zero-order valence-corrected chi connectivity index (χ0v) is 13.6. The molecule has 0 saturated carbocycles. The van der Waals surface area contributed by atoms with Crippen LogP contribution in [0.5, 0.6) is 5.75 Å². The number of nitrogens with zero attached hydrogens (tertiary/aromatic N) is 2. The molecule has 0 unspecified atom stereocenters. The number of hydrogen-bond donors (Lipinski definition) is 0. The number of carbonyl (C=O) groups is 1. The molecule has 4 nitrogen and oxygen atoms in total. The van der Waals surface area contributed by atoms with E-state index in [0.717, 1.165) is 35.6 Å². The fraction of sp³-hybridized carbons (Fsp3) is 0.471. The lowest BCUT2D eigenvalue weighted by molar-refractivity contribution is -0.113. The maximum Gasteiger partial charge on any atom is 0.157 e. The summed E-state index contributed by atoms with van der Waals surface area (Å²) in [7, 11) is 0. The molecule has 0 radical (unpaired) electrons. The van der Waals surface area contributed by atoms with Crippen LogP contribution in [0.1, 0.15) is 53.0 Å². The van der Waals surface area contributed by atoms with Crippen LogP contribution in [0.3, 0.4) is 0 Å². The first-order chi connectivity index (χ1) is 9.95. The van der Waals surface area contributed by atoms with E-state index in [-0.39, 0.29) is 5.78 Å². The second kappa shape index (κ2) is 8.35. The third-order valence-electron chi connectivity index (χ3n) is 3.30. The van der Waals surface area contributed by atoms with Crippen molar-refractivity contribution in [1.82, 2.24) is 4.98 Å². The average Bonchev–Trinajstić information content (AvgIpc) is 2.46. The number of allylic oxidation sites excluding steroid dienone is 2. The van der Waals surface area contributed by atoms with E-state index < -0.39 is 0 Å². The zero-order chi connectivity index (χ0) is 15.8. The molecule has 0 aliphatic heterocycles. The van der Waals surface area contributed by atoms with Gasteiger partial charge in [0.1, 0.15) is 5.75 Å². The topological polar surface area (TPSA) is 51.6 Å². The van der Waals surface area contributed by atoms with Gasteiger partial charge in [0.15, 0.2) is 5.78 Å². The van der Waals surface area contributed by atoms with Gasteiger partial charge >= 0.3 is 0 Å². The number of aromatic nitrogens is 1. The van der Waals surface area contributed by atoms with Gasteiger partial charge in [0.2, 0.25) is 0 Å². The van der Waals surface area contributed by atoms with Gasteiger partial charge in [-0.15, -0.1) is 0 Å². The van der Waals surface area contributed by atoms with Gasteiger partial charge in [-0.1, -0.05) is 13.3 Å². The molecule has 0 fully saturated rings. The first kappa shape index (κ1) is 17.1. The summed E-state index contributed by atoms with van der Waals surface area (Å²) in [5.41, 5.74) is 3.14. The van der Waals surface area contributed by atoms with E-state index in [9.17, 15) is 4.79 Å². The van der Waals surface area contributed by atoms with E-state index >= 15 is 0 Å². The molecule has 1 aromatic rings. The number of unbranched alkanes of at least 4 members (excludes halogenated alkanes) is 1. The van der Waals surface area contributed by atoms with Crippen molar-refractivity contribution in [1.29, 1.82) is 0 Å². The largest absolute Gasteiger partial charge is 0.492 e. The monoisotopic (exact) mass is 288 g/mol. The molecule has 0 saturated heterocycles. The van der Waals surface area contributed by atoms with Crippen LogP contribution in [0.4, 0.5) is 0 Å². The second-order valence-corrected chi connectivity index (χ2v) is 5.08. The van der Waals surface area contributed by atoms with E-state index in [1.54, 1.807) is 26.2 Å². The quantitative estimate of drug-likeness (QED) is 0.433. The summed E-state index contributed by atoms with van der Waals surface area (Å²) >= 11 is 0. The summed E-state index contributed by atoms with van der Waals surface area (Å²) in [6, 6.07) is 1.93. The summed E-state index contributed by atoms with van der Waals surface area (Å²) in [6.45, 7) is 9.91. The minimum atomic E-state index is 0.0406. The van der Waals surface area contributed by atoms with Crippen LogP contribution in [0.25, 0.3) is 0 Å². The van der Waals surface area contributed by atoms with Gasteiger partial charge in [-0.2, -0.15) is 0 Å². The van der Waals surface area contributed by atoms with Crippen molar-refractivity contribution < 1.29 is 9.53 Å². The van der Waals surface area contributed by atoms with E-state index in [0.29, 0.717) is 12.2 Å². The van der Waals surface area contributed by atoms with Gasteiger partial charge in [-0.25, -0.2) is 0 Å². The summed E-state index contributed by atoms with van der Waals surface area (Å²) in [6.07, 6.45) is 5.58. The molecule has 0 atom stereocenters. The molecule has 0 bridgehead atoms. The molecule has 1 heterocycles. The van der Waals surface area contributed by atoms with Gasteiger partial charge < -0.3 is 4.74 Å². The van der Waals surface area contributed by atoms with Gasteiger partial charge in [0, 0.05) is 28.7 Å². The molecule has 114 valence electrons. The molecule has 1 aromatic heterocycles. The van der Waals surface area contributed by atoms with Crippen LogP contribution in [0.15, 0.2) is 34.7 Å². The Hall–Kier alpha value is -1.97. The van der Waals surface area contributed by atoms with Crippen molar-refractivity contribution in [2.75, 3.05) is 6.61 Å². The number of carbonyl (C=O) groups excluding carboxylic acids is 1. The summed E-state index contributed by atoms with van der Waals surface area (Å²) in [5.74, 6) is 0.791. The van der Waals surface area contributed by atoms with E-state index in [2.05, 4.69) is 16.9 Å². The molecule has 0 N–H and O–H groups in total. The molecule has 0 aromatic carbocycles. The smallest absolute Gasteiger partial charge is 0.157 e. The van der Waals surface area contributed by atoms with Gasteiger partial charge in [0.25, 0.3) is 0 Å². The van der Waals surface area contributed by atoms with Crippen molar-refractivity contribution >= 4 is 11.5 Å². The van der Waals surface area contributed by atoms with Gasteiger partial charge in [-0.3, -0.25) is 14.8 Å². The van der Waals surface area contributed by atoms with Crippen molar-refractivity contribution in [2.24, 2.45) is 4.99 Å². The van der Waals surface area contributed by atoms with Crippen LogP contribution in [-0.2, 0) is 4.79 Å². The lowest BCUT2D eigenvalue weighted by Crippen LogP contribution is -2.02. The molecular formula is C17H24N2O2. The minimum absolute atomic E-state index is 0.0406. The Morgan fingerprint density at radius 1 is 1.24 bits per heavy atom. The fourth-order valence-corrected chi connectivity index (χ4v) is 1.68. The van der Waals surface area contributed by atoms with E-state index in [4.69, 9.17) is 4.74 Å².